The number of likely N-dealkylation sites (tertiary alicyclic amines) is 2. The van der Waals surface area contributed by atoms with Gasteiger partial charge in [-0.05, 0) is 44.6 Å². The summed E-state index contributed by atoms with van der Waals surface area (Å²) in [6.45, 7) is 8.79. The molecule has 0 bridgehead atoms. The van der Waals surface area contributed by atoms with Gasteiger partial charge in [-0.1, -0.05) is 19.0 Å². The first kappa shape index (κ1) is 19.1. The van der Waals surface area contributed by atoms with Crippen molar-refractivity contribution in [1.29, 1.82) is 0 Å². The highest BCUT2D eigenvalue weighted by Gasteiger charge is 2.57. The van der Waals surface area contributed by atoms with Gasteiger partial charge < -0.3 is 19.6 Å². The van der Waals surface area contributed by atoms with Crippen molar-refractivity contribution >= 4 is 11.8 Å². The summed E-state index contributed by atoms with van der Waals surface area (Å²) in [7, 11) is 0. The van der Waals surface area contributed by atoms with Gasteiger partial charge in [-0.25, -0.2) is 0 Å². The van der Waals surface area contributed by atoms with Gasteiger partial charge in [0.05, 0.1) is 5.92 Å². The Labute approximate surface area is 172 Å². The van der Waals surface area contributed by atoms with E-state index < -0.39 is 0 Å². The summed E-state index contributed by atoms with van der Waals surface area (Å²) in [6.07, 6.45) is 5.10. The average molecular weight is 401 g/mol. The van der Waals surface area contributed by atoms with Gasteiger partial charge in [0.2, 0.25) is 5.91 Å². The Balaban J connectivity index is 1.22. The van der Waals surface area contributed by atoms with E-state index in [1.165, 1.54) is 6.42 Å². The number of nitrogens with one attached hydrogen (secondary N) is 1. The summed E-state index contributed by atoms with van der Waals surface area (Å²) >= 11 is 0. The second kappa shape index (κ2) is 7.11. The molecule has 1 spiro atoms. The van der Waals surface area contributed by atoms with Crippen molar-refractivity contribution in [3.8, 4) is 0 Å². The molecular weight excluding hydrogens is 368 g/mol. The number of fused-ring (bicyclic) bond motifs is 2. The predicted octanol–water partition coefficient (Wildman–Crippen LogP) is 2.25. The van der Waals surface area contributed by atoms with Crippen molar-refractivity contribution in [2.75, 3.05) is 32.7 Å². The number of carbonyl (C=O) groups excluding carboxylic acids is 2. The fourth-order valence-electron chi connectivity index (χ4n) is 5.48. The summed E-state index contributed by atoms with van der Waals surface area (Å²) < 4.78 is 5.36. The number of amides is 2. The third-order valence-corrected chi connectivity index (χ3v) is 7.51. The fraction of sp³-hybridized carbons (Fsp3) is 0.773. The van der Waals surface area contributed by atoms with E-state index in [0.29, 0.717) is 36.5 Å². The summed E-state index contributed by atoms with van der Waals surface area (Å²) in [5.41, 5.74) is 0.283. The van der Waals surface area contributed by atoms with Crippen LogP contribution in [0, 0.1) is 17.8 Å². The van der Waals surface area contributed by atoms with Crippen LogP contribution >= 0.6 is 0 Å². The van der Waals surface area contributed by atoms with Crippen LogP contribution in [0.2, 0.25) is 0 Å². The van der Waals surface area contributed by atoms with E-state index in [9.17, 15) is 9.59 Å². The van der Waals surface area contributed by atoms with Crippen molar-refractivity contribution in [1.82, 2.24) is 20.3 Å². The standard InChI is InChI=1S/C22H32N4O3/c1-14(2)5-8-25-12-16-17(13-25)22(23-20(16)27)6-9-26(10-7-22)21(28)18-11-19(29-24-18)15-3-4-15/h11,14-17H,3-10,12-13H2,1-2H3,(H,23,27)/t16-,17+/m1/s1. The first-order valence-electron chi connectivity index (χ1n) is 11.3. The van der Waals surface area contributed by atoms with Crippen molar-refractivity contribution < 1.29 is 14.1 Å². The van der Waals surface area contributed by atoms with Gasteiger partial charge in [0.15, 0.2) is 5.69 Å². The lowest BCUT2D eigenvalue weighted by Crippen LogP contribution is -2.56. The number of carbonyl (C=O) groups is 2. The normalized spacial score (nSPS) is 28.9. The smallest absolute Gasteiger partial charge is 0.276 e. The van der Waals surface area contributed by atoms with Gasteiger partial charge in [0.25, 0.3) is 5.91 Å². The monoisotopic (exact) mass is 400 g/mol. The van der Waals surface area contributed by atoms with Crippen LogP contribution in [-0.4, -0.2) is 65.0 Å². The molecular formula is C22H32N4O3. The maximum Gasteiger partial charge on any atom is 0.276 e. The molecule has 0 unspecified atom stereocenters. The second-order valence-corrected chi connectivity index (χ2v) is 9.98. The lowest BCUT2D eigenvalue weighted by atomic mass is 9.75. The molecule has 2 amide bonds. The largest absolute Gasteiger partial charge is 0.360 e. The zero-order valence-electron chi connectivity index (χ0n) is 17.5. The quantitative estimate of drug-likeness (QED) is 0.820. The van der Waals surface area contributed by atoms with E-state index in [2.05, 4.69) is 29.2 Å². The van der Waals surface area contributed by atoms with E-state index in [4.69, 9.17) is 4.52 Å². The molecule has 3 saturated heterocycles. The molecule has 4 fully saturated rings. The number of piperidine rings is 1. The van der Waals surface area contributed by atoms with Crippen LogP contribution in [0.1, 0.15) is 68.1 Å². The van der Waals surface area contributed by atoms with Gasteiger partial charge in [-0.3, -0.25) is 9.59 Å². The zero-order chi connectivity index (χ0) is 20.2. The molecule has 0 radical (unpaired) electrons. The van der Waals surface area contributed by atoms with E-state index in [1.807, 2.05) is 11.0 Å². The molecule has 3 aliphatic heterocycles. The van der Waals surface area contributed by atoms with E-state index >= 15 is 0 Å². The fourth-order valence-corrected chi connectivity index (χ4v) is 5.48. The van der Waals surface area contributed by atoms with Gasteiger partial charge in [-0.15, -0.1) is 0 Å². The predicted molar refractivity (Wildman–Crippen MR) is 107 cm³/mol. The minimum Gasteiger partial charge on any atom is -0.360 e. The molecule has 158 valence electrons. The molecule has 4 heterocycles. The maximum atomic E-state index is 12.9. The number of nitrogens with zero attached hydrogens (tertiary/aromatic N) is 3. The molecule has 2 atom stereocenters. The van der Waals surface area contributed by atoms with Crippen molar-refractivity contribution in [2.45, 2.75) is 57.4 Å². The minimum absolute atomic E-state index is 0.0404. The summed E-state index contributed by atoms with van der Waals surface area (Å²) in [5.74, 6) is 2.65. The highest BCUT2D eigenvalue weighted by Crippen LogP contribution is 2.44. The molecule has 5 rings (SSSR count). The molecule has 0 aromatic carbocycles. The van der Waals surface area contributed by atoms with E-state index in [0.717, 1.165) is 51.1 Å². The molecule has 29 heavy (non-hydrogen) atoms. The Morgan fingerprint density at radius 3 is 2.76 bits per heavy atom. The lowest BCUT2D eigenvalue weighted by Gasteiger charge is -2.42. The SMILES string of the molecule is CC(C)CCN1C[C@H]2C(=O)NC3(CCN(C(=O)c4cc(C5CC5)on4)CC3)[C@H]2C1. The third-order valence-electron chi connectivity index (χ3n) is 7.51. The van der Waals surface area contributed by atoms with Crippen LogP contribution in [0.4, 0.5) is 0 Å². The highest BCUT2D eigenvalue weighted by atomic mass is 16.5. The first-order valence-corrected chi connectivity index (χ1v) is 11.3. The number of aromatic nitrogens is 1. The Hall–Kier alpha value is -1.89. The van der Waals surface area contributed by atoms with Gasteiger partial charge >= 0.3 is 0 Å². The van der Waals surface area contributed by atoms with Crippen LogP contribution in [0.15, 0.2) is 10.6 Å². The van der Waals surface area contributed by atoms with Crippen molar-refractivity contribution in [2.24, 2.45) is 17.8 Å². The second-order valence-electron chi connectivity index (χ2n) is 9.98. The molecule has 4 aliphatic rings. The molecule has 7 heteroatoms. The molecule has 1 aliphatic carbocycles. The molecule has 1 saturated carbocycles. The Kier molecular flexibility index (Phi) is 4.68. The summed E-state index contributed by atoms with van der Waals surface area (Å²) in [4.78, 5) is 29.9. The zero-order valence-corrected chi connectivity index (χ0v) is 17.5. The topological polar surface area (TPSA) is 78.7 Å². The summed E-state index contributed by atoms with van der Waals surface area (Å²) in [5, 5.41) is 7.35. The molecule has 1 aromatic heterocycles. The van der Waals surface area contributed by atoms with E-state index in [-0.39, 0.29) is 23.3 Å². The lowest BCUT2D eigenvalue weighted by molar-refractivity contribution is -0.123. The molecule has 1 N–H and O–H groups in total. The highest BCUT2D eigenvalue weighted by molar-refractivity contribution is 5.92. The maximum absolute atomic E-state index is 12.9. The van der Waals surface area contributed by atoms with Crippen LogP contribution in [0.5, 0.6) is 0 Å². The molecule has 1 aromatic rings. The van der Waals surface area contributed by atoms with Gasteiger partial charge in [0, 0.05) is 49.6 Å². The van der Waals surface area contributed by atoms with Gasteiger partial charge in [-0.2, -0.15) is 0 Å². The van der Waals surface area contributed by atoms with Crippen LogP contribution in [0.3, 0.4) is 0 Å². The van der Waals surface area contributed by atoms with Crippen LogP contribution in [-0.2, 0) is 4.79 Å². The third kappa shape index (κ3) is 3.47. The van der Waals surface area contributed by atoms with Crippen molar-refractivity contribution in [3.63, 3.8) is 0 Å². The van der Waals surface area contributed by atoms with E-state index in [1.54, 1.807) is 0 Å². The number of hydrogen-bond acceptors (Lipinski definition) is 5. The number of rotatable bonds is 5. The first-order chi connectivity index (χ1) is 13.9. The van der Waals surface area contributed by atoms with Crippen molar-refractivity contribution in [3.05, 3.63) is 17.5 Å². The average Bonchev–Trinajstić information content (AvgIpc) is 3.18. The van der Waals surface area contributed by atoms with Gasteiger partial charge in [0.1, 0.15) is 5.76 Å². The Morgan fingerprint density at radius 1 is 1.31 bits per heavy atom. The Morgan fingerprint density at radius 2 is 2.07 bits per heavy atom. The Bertz CT molecular complexity index is 792. The van der Waals surface area contributed by atoms with Crippen LogP contribution in [0.25, 0.3) is 0 Å². The van der Waals surface area contributed by atoms with Crippen LogP contribution < -0.4 is 5.32 Å². The molecule has 7 nitrogen and oxygen atoms in total. The summed E-state index contributed by atoms with van der Waals surface area (Å²) in [6, 6.07) is 1.82. The minimum atomic E-state index is -0.145. The number of hydrogen-bond donors (Lipinski definition) is 1.